The Hall–Kier alpha value is -0.610. The third kappa shape index (κ3) is 5.04. The summed E-state index contributed by atoms with van der Waals surface area (Å²) in [5, 5.41) is 0. The molecule has 4 nitrogen and oxygen atoms in total. The van der Waals surface area contributed by atoms with Crippen LogP contribution in [-0.4, -0.2) is 54.5 Å². The second kappa shape index (κ2) is 8.48. The van der Waals surface area contributed by atoms with Crippen molar-refractivity contribution in [2.75, 3.05) is 32.7 Å². The largest absolute Gasteiger partial charge is 0.342 e. The van der Waals surface area contributed by atoms with Gasteiger partial charge in [0.05, 0.1) is 6.04 Å². The monoisotopic (exact) mass is 243 g/mol. The Labute approximate surface area is 106 Å². The lowest BCUT2D eigenvalue weighted by Crippen LogP contribution is -2.48. The molecule has 2 unspecified atom stereocenters. The van der Waals surface area contributed by atoms with E-state index in [1.165, 1.54) is 0 Å². The molecule has 102 valence electrons. The number of likely N-dealkylation sites (N-methyl/N-ethyl adjacent to an activating group) is 2. The standard InChI is InChI=1S/C13H29N3O/c1-6-15(7-2)13(17)12(5)16(8-3)10-11(4)9-14/h11-12H,6-10,14H2,1-5H3. The normalized spacial score (nSPS) is 14.8. The molecule has 0 spiro atoms. The Morgan fingerprint density at radius 1 is 1.12 bits per heavy atom. The van der Waals surface area contributed by atoms with Crippen LogP contribution in [0.2, 0.25) is 0 Å². The van der Waals surface area contributed by atoms with Crippen molar-refractivity contribution < 1.29 is 4.79 Å². The van der Waals surface area contributed by atoms with Crippen LogP contribution in [0.4, 0.5) is 0 Å². The van der Waals surface area contributed by atoms with Crippen LogP contribution in [0.1, 0.15) is 34.6 Å². The molecule has 4 heteroatoms. The van der Waals surface area contributed by atoms with Gasteiger partial charge in [0.25, 0.3) is 0 Å². The van der Waals surface area contributed by atoms with Gasteiger partial charge in [-0.15, -0.1) is 0 Å². The van der Waals surface area contributed by atoms with Crippen molar-refractivity contribution in [1.82, 2.24) is 9.80 Å². The summed E-state index contributed by atoms with van der Waals surface area (Å²) in [6.45, 7) is 14.3. The van der Waals surface area contributed by atoms with E-state index in [1.807, 2.05) is 25.7 Å². The summed E-state index contributed by atoms with van der Waals surface area (Å²) >= 11 is 0. The SMILES string of the molecule is CCN(CC)C(=O)C(C)N(CC)CC(C)CN. The summed E-state index contributed by atoms with van der Waals surface area (Å²) in [5.41, 5.74) is 5.64. The Kier molecular flexibility index (Phi) is 8.17. The van der Waals surface area contributed by atoms with Gasteiger partial charge in [-0.3, -0.25) is 9.69 Å². The third-order valence-corrected chi connectivity index (χ3v) is 3.33. The van der Waals surface area contributed by atoms with Crippen LogP contribution in [0.5, 0.6) is 0 Å². The van der Waals surface area contributed by atoms with E-state index in [4.69, 9.17) is 5.73 Å². The molecule has 0 bridgehead atoms. The highest BCUT2D eigenvalue weighted by Gasteiger charge is 2.24. The highest BCUT2D eigenvalue weighted by molar-refractivity contribution is 5.81. The van der Waals surface area contributed by atoms with Crippen molar-refractivity contribution in [2.24, 2.45) is 11.7 Å². The van der Waals surface area contributed by atoms with Gasteiger partial charge in [-0.25, -0.2) is 0 Å². The number of rotatable bonds is 8. The summed E-state index contributed by atoms with van der Waals surface area (Å²) < 4.78 is 0. The van der Waals surface area contributed by atoms with Gasteiger partial charge in [-0.2, -0.15) is 0 Å². The molecule has 0 fully saturated rings. The van der Waals surface area contributed by atoms with E-state index in [0.29, 0.717) is 12.5 Å². The molecule has 0 aromatic carbocycles. The molecule has 0 radical (unpaired) electrons. The van der Waals surface area contributed by atoms with Crippen molar-refractivity contribution in [3.63, 3.8) is 0 Å². The molecule has 0 heterocycles. The predicted molar refractivity (Wildman–Crippen MR) is 72.9 cm³/mol. The van der Waals surface area contributed by atoms with Gasteiger partial charge in [0.1, 0.15) is 0 Å². The van der Waals surface area contributed by atoms with Crippen LogP contribution in [0.25, 0.3) is 0 Å². The molecule has 0 aromatic rings. The zero-order valence-electron chi connectivity index (χ0n) is 12.1. The lowest BCUT2D eigenvalue weighted by Gasteiger charge is -2.32. The van der Waals surface area contributed by atoms with Crippen molar-refractivity contribution in [3.05, 3.63) is 0 Å². The molecular formula is C13H29N3O. The number of nitrogens with two attached hydrogens (primary N) is 1. The fourth-order valence-electron chi connectivity index (χ4n) is 1.99. The first-order valence-corrected chi connectivity index (χ1v) is 6.74. The van der Waals surface area contributed by atoms with Crippen LogP contribution in [-0.2, 0) is 4.79 Å². The minimum atomic E-state index is -0.0473. The van der Waals surface area contributed by atoms with E-state index in [-0.39, 0.29) is 11.9 Å². The number of hydrogen-bond acceptors (Lipinski definition) is 3. The molecule has 0 saturated heterocycles. The Morgan fingerprint density at radius 2 is 1.65 bits per heavy atom. The first-order valence-electron chi connectivity index (χ1n) is 6.74. The van der Waals surface area contributed by atoms with Gasteiger partial charge in [0.2, 0.25) is 5.91 Å². The van der Waals surface area contributed by atoms with Gasteiger partial charge in [0.15, 0.2) is 0 Å². The van der Waals surface area contributed by atoms with Crippen LogP contribution in [0.15, 0.2) is 0 Å². The first-order chi connectivity index (χ1) is 8.01. The predicted octanol–water partition coefficient (Wildman–Crippen LogP) is 1.16. The minimum Gasteiger partial charge on any atom is -0.342 e. The van der Waals surface area contributed by atoms with Crippen molar-refractivity contribution >= 4 is 5.91 Å². The molecule has 0 aliphatic carbocycles. The lowest BCUT2D eigenvalue weighted by molar-refractivity contribution is -0.136. The van der Waals surface area contributed by atoms with E-state index < -0.39 is 0 Å². The van der Waals surface area contributed by atoms with Gasteiger partial charge in [-0.1, -0.05) is 13.8 Å². The maximum absolute atomic E-state index is 12.2. The molecular weight excluding hydrogens is 214 g/mol. The maximum atomic E-state index is 12.2. The van der Waals surface area contributed by atoms with Crippen LogP contribution < -0.4 is 5.73 Å². The summed E-state index contributed by atoms with van der Waals surface area (Å²) in [7, 11) is 0. The molecule has 2 N–H and O–H groups in total. The highest BCUT2D eigenvalue weighted by Crippen LogP contribution is 2.07. The van der Waals surface area contributed by atoms with Crippen molar-refractivity contribution in [1.29, 1.82) is 0 Å². The third-order valence-electron chi connectivity index (χ3n) is 3.33. The van der Waals surface area contributed by atoms with Gasteiger partial charge in [-0.05, 0) is 39.8 Å². The van der Waals surface area contributed by atoms with E-state index in [9.17, 15) is 4.79 Å². The fraction of sp³-hybridized carbons (Fsp3) is 0.923. The van der Waals surface area contributed by atoms with Crippen molar-refractivity contribution in [2.45, 2.75) is 40.7 Å². The average molecular weight is 243 g/mol. The smallest absolute Gasteiger partial charge is 0.239 e. The number of hydrogen-bond donors (Lipinski definition) is 1. The second-order valence-electron chi connectivity index (χ2n) is 4.61. The fourth-order valence-corrected chi connectivity index (χ4v) is 1.99. The first kappa shape index (κ1) is 16.4. The molecule has 0 aliphatic rings. The molecule has 1 amide bonds. The summed E-state index contributed by atoms with van der Waals surface area (Å²) in [4.78, 5) is 16.3. The topological polar surface area (TPSA) is 49.6 Å². The Morgan fingerprint density at radius 3 is 2.00 bits per heavy atom. The maximum Gasteiger partial charge on any atom is 0.239 e. The molecule has 17 heavy (non-hydrogen) atoms. The van der Waals surface area contributed by atoms with E-state index >= 15 is 0 Å². The number of carbonyl (C=O) groups excluding carboxylic acids is 1. The highest BCUT2D eigenvalue weighted by atomic mass is 16.2. The zero-order chi connectivity index (χ0) is 13.4. The van der Waals surface area contributed by atoms with Crippen LogP contribution >= 0.6 is 0 Å². The van der Waals surface area contributed by atoms with Crippen LogP contribution in [0, 0.1) is 5.92 Å². The van der Waals surface area contributed by atoms with Gasteiger partial charge in [0, 0.05) is 19.6 Å². The second-order valence-corrected chi connectivity index (χ2v) is 4.61. The molecule has 2 atom stereocenters. The lowest BCUT2D eigenvalue weighted by atomic mass is 10.1. The number of nitrogens with zero attached hydrogens (tertiary/aromatic N) is 2. The van der Waals surface area contributed by atoms with E-state index in [2.05, 4.69) is 18.7 Å². The molecule has 0 rings (SSSR count). The summed E-state index contributed by atoms with van der Waals surface area (Å²) in [6, 6.07) is -0.0473. The van der Waals surface area contributed by atoms with Gasteiger partial charge >= 0.3 is 0 Å². The summed E-state index contributed by atoms with van der Waals surface area (Å²) in [6.07, 6.45) is 0. The number of carbonyl (C=O) groups is 1. The Balaban J connectivity index is 4.51. The van der Waals surface area contributed by atoms with Crippen molar-refractivity contribution in [3.8, 4) is 0 Å². The molecule has 0 aliphatic heterocycles. The van der Waals surface area contributed by atoms with Crippen LogP contribution in [0.3, 0.4) is 0 Å². The average Bonchev–Trinajstić information content (AvgIpc) is 2.35. The number of amides is 1. The quantitative estimate of drug-likeness (QED) is 0.696. The zero-order valence-corrected chi connectivity index (χ0v) is 12.1. The molecule has 0 aromatic heterocycles. The van der Waals surface area contributed by atoms with Gasteiger partial charge < -0.3 is 10.6 Å². The van der Waals surface area contributed by atoms with E-state index in [0.717, 1.165) is 26.2 Å². The summed E-state index contributed by atoms with van der Waals surface area (Å²) in [5.74, 6) is 0.656. The minimum absolute atomic E-state index is 0.0473. The molecule has 0 saturated carbocycles. The Bertz CT molecular complexity index is 217. The van der Waals surface area contributed by atoms with E-state index in [1.54, 1.807) is 0 Å².